The van der Waals surface area contributed by atoms with Crippen LogP contribution in [0.25, 0.3) is 22.4 Å². The quantitative estimate of drug-likeness (QED) is 0.412. The van der Waals surface area contributed by atoms with Crippen LogP contribution in [0.2, 0.25) is 0 Å². The average molecular weight is 421 g/mol. The molecule has 0 saturated heterocycles. The van der Waals surface area contributed by atoms with Gasteiger partial charge in [-0.3, -0.25) is 9.59 Å². The normalized spacial score (nSPS) is 11.0. The molecule has 0 atom stereocenters. The number of nitrogens with one attached hydrogen (secondary N) is 1. The highest BCUT2D eigenvalue weighted by Crippen LogP contribution is 2.26. The van der Waals surface area contributed by atoms with E-state index < -0.39 is 0 Å². The number of phenols is 1. The molecular weight excluding hydrogens is 402 g/mol. The Hall–Kier alpha value is -4.45. The smallest absolute Gasteiger partial charge is 0.259 e. The number of nitrogens with zero attached hydrogens (tertiary/aromatic N) is 2. The summed E-state index contributed by atoms with van der Waals surface area (Å²) in [6, 6.07) is 25.1. The molecule has 0 aliphatic heterocycles. The van der Waals surface area contributed by atoms with E-state index in [0.717, 1.165) is 5.56 Å². The fourth-order valence-corrected chi connectivity index (χ4v) is 3.77. The third kappa shape index (κ3) is 3.58. The lowest BCUT2D eigenvalue weighted by atomic mass is 10.0. The van der Waals surface area contributed by atoms with Crippen LogP contribution in [0.15, 0.2) is 95.9 Å². The molecule has 0 fully saturated rings. The molecule has 0 aliphatic carbocycles. The Morgan fingerprint density at radius 3 is 2.47 bits per heavy atom. The lowest BCUT2D eigenvalue weighted by Crippen LogP contribution is -2.11. The summed E-state index contributed by atoms with van der Waals surface area (Å²) >= 11 is 0. The number of para-hydroxylation sites is 2. The van der Waals surface area contributed by atoms with E-state index in [2.05, 4.69) is 9.97 Å². The van der Waals surface area contributed by atoms with Gasteiger partial charge in [0, 0.05) is 18.3 Å². The molecule has 0 amide bonds. The highest BCUT2D eigenvalue weighted by Gasteiger charge is 2.19. The first-order chi connectivity index (χ1) is 15.6. The summed E-state index contributed by atoms with van der Waals surface area (Å²) in [5, 5.41) is 10.6. The largest absolute Gasteiger partial charge is 0.507 e. The van der Waals surface area contributed by atoms with E-state index in [-0.39, 0.29) is 22.7 Å². The number of hydrogen-bond acceptors (Lipinski definition) is 4. The first-order valence-electron chi connectivity index (χ1n) is 10.2. The number of aromatic hydroxyl groups is 1. The van der Waals surface area contributed by atoms with E-state index in [0.29, 0.717) is 34.5 Å². The Morgan fingerprint density at radius 2 is 1.66 bits per heavy atom. The van der Waals surface area contributed by atoms with Gasteiger partial charge in [-0.15, -0.1) is 0 Å². The molecule has 3 aromatic carbocycles. The van der Waals surface area contributed by atoms with Crippen LogP contribution in [0.1, 0.15) is 21.5 Å². The van der Waals surface area contributed by atoms with E-state index >= 15 is 0 Å². The maximum absolute atomic E-state index is 13.1. The number of aromatic amines is 1. The topological polar surface area (TPSA) is 88.0 Å². The van der Waals surface area contributed by atoms with Crippen LogP contribution in [0.4, 0.5) is 0 Å². The molecule has 0 aliphatic rings. The Balaban J connectivity index is 1.66. The van der Waals surface area contributed by atoms with Crippen molar-refractivity contribution in [3.8, 4) is 17.3 Å². The maximum atomic E-state index is 13.1. The molecule has 2 aromatic heterocycles. The van der Waals surface area contributed by atoms with Gasteiger partial charge in [-0.1, -0.05) is 54.6 Å². The molecule has 0 bridgehead atoms. The predicted molar refractivity (Wildman–Crippen MR) is 123 cm³/mol. The van der Waals surface area contributed by atoms with E-state index in [4.69, 9.17) is 0 Å². The van der Waals surface area contributed by atoms with Gasteiger partial charge in [0.25, 0.3) is 5.56 Å². The van der Waals surface area contributed by atoms with Crippen LogP contribution < -0.4 is 5.56 Å². The highest BCUT2D eigenvalue weighted by molar-refractivity contribution is 6.11. The molecule has 0 radical (unpaired) electrons. The first kappa shape index (κ1) is 19.5. The van der Waals surface area contributed by atoms with Gasteiger partial charge in [-0.2, -0.15) is 0 Å². The van der Waals surface area contributed by atoms with Gasteiger partial charge in [0.2, 0.25) is 0 Å². The molecular formula is C26H19N3O3. The molecule has 6 heteroatoms. The first-order valence-corrected chi connectivity index (χ1v) is 10.2. The number of phenolic OH excluding ortho intramolecular Hbond substituents is 1. The molecule has 5 aromatic rings. The van der Waals surface area contributed by atoms with Crippen LogP contribution >= 0.6 is 0 Å². The second-order valence-electron chi connectivity index (χ2n) is 7.51. The summed E-state index contributed by atoms with van der Waals surface area (Å²) < 4.78 is 1.88. The summed E-state index contributed by atoms with van der Waals surface area (Å²) in [6.07, 6.45) is 1.73. The molecule has 6 nitrogen and oxygen atoms in total. The highest BCUT2D eigenvalue weighted by atomic mass is 16.3. The van der Waals surface area contributed by atoms with E-state index in [9.17, 15) is 14.7 Å². The zero-order valence-electron chi connectivity index (χ0n) is 17.0. The van der Waals surface area contributed by atoms with E-state index in [1.165, 1.54) is 6.07 Å². The number of carbonyl (C=O) groups is 1. The van der Waals surface area contributed by atoms with Crippen LogP contribution in [0, 0.1) is 0 Å². The van der Waals surface area contributed by atoms with Crippen LogP contribution in [0.5, 0.6) is 5.75 Å². The number of fused-ring (bicyclic) bond motifs is 1. The number of carbonyl (C=O) groups excluding carboxylic acids is 1. The second-order valence-corrected chi connectivity index (χ2v) is 7.51. The van der Waals surface area contributed by atoms with Crippen molar-refractivity contribution < 1.29 is 9.90 Å². The number of rotatable bonds is 5. The SMILES string of the molecule is O=C(c1cc(-c2nc3ccccc3c(=O)[nH]2)n(Cc2ccccc2)c1)c1ccccc1O. The van der Waals surface area contributed by atoms with Crippen molar-refractivity contribution in [2.45, 2.75) is 6.54 Å². The average Bonchev–Trinajstić information content (AvgIpc) is 3.23. The van der Waals surface area contributed by atoms with Gasteiger partial charge in [-0.05, 0) is 35.9 Å². The summed E-state index contributed by atoms with van der Waals surface area (Å²) in [6.45, 7) is 0.487. The van der Waals surface area contributed by atoms with Gasteiger partial charge in [-0.25, -0.2) is 4.98 Å². The number of aromatic nitrogens is 3. The molecule has 2 heterocycles. The summed E-state index contributed by atoms with van der Waals surface area (Å²) in [5.41, 5.74) is 2.59. The molecule has 156 valence electrons. The standard InChI is InChI=1S/C26H19N3O3/c30-23-13-7-5-11-20(23)24(31)18-14-22(29(16-18)15-17-8-2-1-3-9-17)25-27-21-12-6-4-10-19(21)26(32)28-25/h1-14,16,30H,15H2,(H,27,28,32). The third-order valence-corrected chi connectivity index (χ3v) is 5.36. The van der Waals surface area contributed by atoms with Crippen molar-refractivity contribution >= 4 is 16.7 Å². The Kier molecular flexibility index (Phi) is 4.88. The van der Waals surface area contributed by atoms with Gasteiger partial charge in [0.1, 0.15) is 5.75 Å². The molecule has 0 spiro atoms. The maximum Gasteiger partial charge on any atom is 0.259 e. The van der Waals surface area contributed by atoms with Gasteiger partial charge < -0.3 is 14.7 Å². The predicted octanol–water partition coefficient (Wildman–Crippen LogP) is 4.38. The zero-order valence-corrected chi connectivity index (χ0v) is 17.0. The Labute approximate surface area is 183 Å². The van der Waals surface area contributed by atoms with Crippen LogP contribution in [0.3, 0.4) is 0 Å². The lowest BCUT2D eigenvalue weighted by Gasteiger charge is -2.09. The zero-order chi connectivity index (χ0) is 22.1. The van der Waals surface area contributed by atoms with Crippen LogP contribution in [-0.2, 0) is 6.54 Å². The fourth-order valence-electron chi connectivity index (χ4n) is 3.77. The fraction of sp³-hybridized carbons (Fsp3) is 0.0385. The van der Waals surface area contributed by atoms with Crippen molar-refractivity contribution in [1.82, 2.24) is 14.5 Å². The summed E-state index contributed by atoms with van der Waals surface area (Å²) in [7, 11) is 0. The molecule has 32 heavy (non-hydrogen) atoms. The van der Waals surface area contributed by atoms with Crippen molar-refractivity contribution in [3.05, 3.63) is 118 Å². The van der Waals surface area contributed by atoms with E-state index in [1.807, 2.05) is 41.0 Å². The second kappa shape index (κ2) is 8.00. The number of H-pyrrole nitrogens is 1. The lowest BCUT2D eigenvalue weighted by molar-refractivity contribution is 0.103. The van der Waals surface area contributed by atoms with Crippen LogP contribution in [-0.4, -0.2) is 25.4 Å². The summed E-state index contributed by atoms with van der Waals surface area (Å²) in [4.78, 5) is 33.3. The van der Waals surface area contributed by atoms with Crippen molar-refractivity contribution in [2.24, 2.45) is 0 Å². The minimum atomic E-state index is -0.306. The minimum Gasteiger partial charge on any atom is -0.507 e. The number of hydrogen-bond donors (Lipinski definition) is 2. The van der Waals surface area contributed by atoms with Gasteiger partial charge in [0.05, 0.1) is 22.2 Å². The third-order valence-electron chi connectivity index (χ3n) is 5.36. The molecule has 5 rings (SSSR count). The number of ketones is 1. The molecule has 2 N–H and O–H groups in total. The summed E-state index contributed by atoms with van der Waals surface area (Å²) in [5.74, 6) is -0.00708. The van der Waals surface area contributed by atoms with Crippen molar-refractivity contribution in [1.29, 1.82) is 0 Å². The van der Waals surface area contributed by atoms with Gasteiger partial charge >= 0.3 is 0 Å². The Bertz CT molecular complexity index is 1500. The van der Waals surface area contributed by atoms with Crippen molar-refractivity contribution in [2.75, 3.05) is 0 Å². The Morgan fingerprint density at radius 1 is 0.938 bits per heavy atom. The number of benzene rings is 3. The van der Waals surface area contributed by atoms with Crippen molar-refractivity contribution in [3.63, 3.8) is 0 Å². The minimum absolute atomic E-state index is 0.0768. The molecule has 0 saturated carbocycles. The van der Waals surface area contributed by atoms with E-state index in [1.54, 1.807) is 48.7 Å². The monoisotopic (exact) mass is 421 g/mol. The van der Waals surface area contributed by atoms with Gasteiger partial charge in [0.15, 0.2) is 11.6 Å². The molecule has 0 unspecified atom stereocenters.